The number of urea groups is 1. The molecule has 0 fully saturated rings. The summed E-state index contributed by atoms with van der Waals surface area (Å²) >= 11 is 2.81. The molecular formula is C15H17N3O2S2. The number of carbonyl (C=O) groups is 2. The van der Waals surface area contributed by atoms with Gasteiger partial charge in [-0.05, 0) is 38.0 Å². The van der Waals surface area contributed by atoms with Crippen molar-refractivity contribution in [1.82, 2.24) is 10.3 Å². The standard InChI is InChI=1S/C15H17N3O2S2/c1-9-5-4-6-12(11(9)3)17-14(20)18-13(19)8-22-15-16-10(2)7-21-15/h4-7H,8H2,1-3H3,(H2,17,18,19,20). The first-order valence-corrected chi connectivity index (χ1v) is 8.54. The second-order valence-electron chi connectivity index (χ2n) is 4.79. The van der Waals surface area contributed by atoms with Gasteiger partial charge in [0.25, 0.3) is 0 Å². The maximum atomic E-state index is 11.8. The van der Waals surface area contributed by atoms with Gasteiger partial charge in [0, 0.05) is 16.8 Å². The van der Waals surface area contributed by atoms with Gasteiger partial charge >= 0.3 is 6.03 Å². The Balaban J connectivity index is 1.83. The summed E-state index contributed by atoms with van der Waals surface area (Å²) in [6, 6.07) is 5.12. The van der Waals surface area contributed by atoms with Gasteiger partial charge in [-0.3, -0.25) is 10.1 Å². The first kappa shape index (κ1) is 16.5. The first-order chi connectivity index (χ1) is 10.5. The normalized spacial score (nSPS) is 10.3. The van der Waals surface area contributed by atoms with Crippen LogP contribution in [0.4, 0.5) is 10.5 Å². The van der Waals surface area contributed by atoms with E-state index in [1.54, 1.807) is 6.07 Å². The number of nitrogens with one attached hydrogen (secondary N) is 2. The molecule has 0 atom stereocenters. The number of carbonyl (C=O) groups excluding carboxylic acids is 2. The summed E-state index contributed by atoms with van der Waals surface area (Å²) in [6.45, 7) is 5.79. The number of aromatic nitrogens is 1. The number of imide groups is 1. The van der Waals surface area contributed by atoms with E-state index in [1.807, 2.05) is 38.3 Å². The van der Waals surface area contributed by atoms with Crippen LogP contribution in [0.5, 0.6) is 0 Å². The summed E-state index contributed by atoms with van der Waals surface area (Å²) < 4.78 is 0.822. The predicted octanol–water partition coefficient (Wildman–Crippen LogP) is 3.51. The Labute approximate surface area is 137 Å². The number of nitrogens with zero attached hydrogens (tertiary/aromatic N) is 1. The van der Waals surface area contributed by atoms with Gasteiger partial charge in [0.2, 0.25) is 5.91 Å². The van der Waals surface area contributed by atoms with Crippen LogP contribution in [-0.4, -0.2) is 22.7 Å². The zero-order chi connectivity index (χ0) is 16.1. The van der Waals surface area contributed by atoms with Crippen molar-refractivity contribution in [1.29, 1.82) is 0 Å². The van der Waals surface area contributed by atoms with Crippen molar-refractivity contribution in [3.8, 4) is 0 Å². The van der Waals surface area contributed by atoms with Crippen molar-refractivity contribution in [2.24, 2.45) is 0 Å². The molecule has 7 heteroatoms. The van der Waals surface area contributed by atoms with E-state index in [-0.39, 0.29) is 11.7 Å². The highest BCUT2D eigenvalue weighted by molar-refractivity contribution is 8.01. The Kier molecular flexibility index (Phi) is 5.57. The number of thioether (sulfide) groups is 1. The third kappa shape index (κ3) is 4.57. The number of amides is 3. The van der Waals surface area contributed by atoms with Gasteiger partial charge < -0.3 is 5.32 Å². The zero-order valence-corrected chi connectivity index (χ0v) is 14.2. The summed E-state index contributed by atoms with van der Waals surface area (Å²) in [5, 5.41) is 6.93. The van der Waals surface area contributed by atoms with Crippen LogP contribution in [0.25, 0.3) is 0 Å². The molecule has 22 heavy (non-hydrogen) atoms. The van der Waals surface area contributed by atoms with E-state index in [4.69, 9.17) is 0 Å². The van der Waals surface area contributed by atoms with Crippen LogP contribution in [0, 0.1) is 20.8 Å². The van der Waals surface area contributed by atoms with Gasteiger partial charge in [0.15, 0.2) is 4.34 Å². The number of hydrogen-bond acceptors (Lipinski definition) is 5. The fourth-order valence-electron chi connectivity index (χ4n) is 1.73. The molecule has 116 valence electrons. The molecule has 0 aliphatic carbocycles. The lowest BCUT2D eigenvalue weighted by Crippen LogP contribution is -2.35. The van der Waals surface area contributed by atoms with Crippen LogP contribution in [-0.2, 0) is 4.79 Å². The number of rotatable bonds is 4. The number of hydrogen-bond donors (Lipinski definition) is 2. The zero-order valence-electron chi connectivity index (χ0n) is 12.6. The van der Waals surface area contributed by atoms with E-state index >= 15 is 0 Å². The molecular weight excluding hydrogens is 318 g/mol. The molecule has 0 radical (unpaired) electrons. The number of anilines is 1. The fourth-order valence-corrected chi connectivity index (χ4v) is 3.38. The van der Waals surface area contributed by atoms with Crippen LogP contribution < -0.4 is 10.6 Å². The molecule has 0 aliphatic heterocycles. The van der Waals surface area contributed by atoms with E-state index in [2.05, 4.69) is 15.6 Å². The Morgan fingerprint density at radius 3 is 2.73 bits per heavy atom. The molecule has 1 aromatic heterocycles. The SMILES string of the molecule is Cc1csc(SCC(=O)NC(=O)Nc2cccc(C)c2C)n1. The fraction of sp³-hybridized carbons (Fsp3) is 0.267. The maximum Gasteiger partial charge on any atom is 0.325 e. The quantitative estimate of drug-likeness (QED) is 0.839. The van der Waals surface area contributed by atoms with Crippen LogP contribution in [0.1, 0.15) is 16.8 Å². The van der Waals surface area contributed by atoms with E-state index in [1.165, 1.54) is 23.1 Å². The third-order valence-electron chi connectivity index (χ3n) is 3.03. The molecule has 0 spiro atoms. The second kappa shape index (κ2) is 7.42. The number of aryl methyl sites for hydroxylation is 2. The highest BCUT2D eigenvalue weighted by Crippen LogP contribution is 2.22. The van der Waals surface area contributed by atoms with Crippen molar-refractivity contribution < 1.29 is 9.59 Å². The van der Waals surface area contributed by atoms with Gasteiger partial charge in [-0.15, -0.1) is 11.3 Å². The lowest BCUT2D eigenvalue weighted by atomic mass is 10.1. The second-order valence-corrected chi connectivity index (χ2v) is 6.87. The smallest absolute Gasteiger partial charge is 0.307 e. The molecule has 0 saturated carbocycles. The van der Waals surface area contributed by atoms with Crippen LogP contribution in [0.15, 0.2) is 27.9 Å². The van der Waals surface area contributed by atoms with Gasteiger partial charge in [0.05, 0.1) is 5.75 Å². The maximum absolute atomic E-state index is 11.8. The van der Waals surface area contributed by atoms with E-state index in [9.17, 15) is 9.59 Å². The van der Waals surface area contributed by atoms with Gasteiger partial charge in [-0.1, -0.05) is 23.9 Å². The van der Waals surface area contributed by atoms with Crippen molar-refractivity contribution >= 4 is 40.7 Å². The van der Waals surface area contributed by atoms with Crippen molar-refractivity contribution in [3.63, 3.8) is 0 Å². The minimum atomic E-state index is -0.519. The first-order valence-electron chi connectivity index (χ1n) is 6.67. The average molecular weight is 335 g/mol. The Hall–Kier alpha value is -1.86. The topological polar surface area (TPSA) is 71.1 Å². The van der Waals surface area contributed by atoms with Gasteiger partial charge in [0.1, 0.15) is 0 Å². The van der Waals surface area contributed by atoms with E-state index < -0.39 is 6.03 Å². The Morgan fingerprint density at radius 1 is 1.27 bits per heavy atom. The number of benzene rings is 1. The molecule has 0 unspecified atom stereocenters. The molecule has 0 aliphatic rings. The predicted molar refractivity (Wildman–Crippen MR) is 90.7 cm³/mol. The van der Waals surface area contributed by atoms with Crippen LogP contribution >= 0.6 is 23.1 Å². The summed E-state index contributed by atoms with van der Waals surface area (Å²) in [5.41, 5.74) is 3.70. The molecule has 1 aromatic carbocycles. The molecule has 2 N–H and O–H groups in total. The summed E-state index contributed by atoms with van der Waals surface area (Å²) in [4.78, 5) is 27.8. The van der Waals surface area contributed by atoms with E-state index in [0.717, 1.165) is 21.2 Å². The van der Waals surface area contributed by atoms with Crippen molar-refractivity contribution in [2.45, 2.75) is 25.1 Å². The van der Waals surface area contributed by atoms with Gasteiger partial charge in [-0.2, -0.15) is 0 Å². The van der Waals surface area contributed by atoms with Gasteiger partial charge in [-0.25, -0.2) is 9.78 Å². The van der Waals surface area contributed by atoms with Crippen LogP contribution in [0.2, 0.25) is 0 Å². The van der Waals surface area contributed by atoms with E-state index in [0.29, 0.717) is 5.69 Å². The minimum Gasteiger partial charge on any atom is -0.307 e. The lowest BCUT2D eigenvalue weighted by molar-refractivity contribution is -0.117. The molecule has 2 rings (SSSR count). The summed E-state index contributed by atoms with van der Waals surface area (Å²) in [6.07, 6.45) is 0. The molecule has 1 heterocycles. The summed E-state index contributed by atoms with van der Waals surface area (Å²) in [5.74, 6) is -0.187. The third-order valence-corrected chi connectivity index (χ3v) is 5.17. The Morgan fingerprint density at radius 2 is 2.05 bits per heavy atom. The van der Waals surface area contributed by atoms with Crippen molar-refractivity contribution in [2.75, 3.05) is 11.1 Å². The van der Waals surface area contributed by atoms with Crippen LogP contribution in [0.3, 0.4) is 0 Å². The minimum absolute atomic E-state index is 0.160. The largest absolute Gasteiger partial charge is 0.325 e. The average Bonchev–Trinajstić information content (AvgIpc) is 2.87. The monoisotopic (exact) mass is 335 g/mol. The highest BCUT2D eigenvalue weighted by atomic mass is 32.2. The lowest BCUT2D eigenvalue weighted by Gasteiger charge is -2.10. The number of thiazole rings is 1. The summed E-state index contributed by atoms with van der Waals surface area (Å²) in [7, 11) is 0. The molecule has 0 bridgehead atoms. The molecule has 0 saturated heterocycles. The highest BCUT2D eigenvalue weighted by Gasteiger charge is 2.11. The molecule has 3 amide bonds. The Bertz CT molecular complexity index is 698. The molecule has 2 aromatic rings. The molecule has 5 nitrogen and oxygen atoms in total. The van der Waals surface area contributed by atoms with Crippen molar-refractivity contribution in [3.05, 3.63) is 40.4 Å².